The summed E-state index contributed by atoms with van der Waals surface area (Å²) >= 11 is 1.43. The molecule has 5 nitrogen and oxygen atoms in total. The SMILES string of the molecule is CC1=C(C(=O)Nc2ccccc2F)[C@@H](c2cccs2)NC(=O)N1. The highest BCUT2D eigenvalue weighted by molar-refractivity contribution is 7.10. The van der Waals surface area contributed by atoms with Gasteiger partial charge in [-0.1, -0.05) is 18.2 Å². The van der Waals surface area contributed by atoms with Gasteiger partial charge in [-0.25, -0.2) is 9.18 Å². The van der Waals surface area contributed by atoms with E-state index in [0.717, 1.165) is 4.88 Å². The molecule has 2 aromatic rings. The molecule has 1 atom stereocenters. The fourth-order valence-electron chi connectivity index (χ4n) is 2.42. The maximum absolute atomic E-state index is 13.7. The number of benzene rings is 1. The molecule has 0 fully saturated rings. The summed E-state index contributed by atoms with van der Waals surface area (Å²) in [5.74, 6) is -0.974. The number of carbonyl (C=O) groups excluding carboxylic acids is 2. The number of halogens is 1. The Morgan fingerprint density at radius 2 is 2.04 bits per heavy atom. The zero-order valence-corrected chi connectivity index (χ0v) is 13.0. The van der Waals surface area contributed by atoms with Gasteiger partial charge < -0.3 is 16.0 Å². The average Bonchev–Trinajstić information content (AvgIpc) is 3.03. The smallest absolute Gasteiger partial charge is 0.319 e. The largest absolute Gasteiger partial charge is 0.326 e. The predicted octanol–water partition coefficient (Wildman–Crippen LogP) is 3.15. The van der Waals surface area contributed by atoms with E-state index >= 15 is 0 Å². The second-order valence-corrected chi connectivity index (χ2v) is 6.00. The zero-order valence-electron chi connectivity index (χ0n) is 12.2. The zero-order chi connectivity index (χ0) is 16.4. The Kier molecular flexibility index (Phi) is 4.12. The number of amides is 3. The molecule has 3 rings (SSSR count). The minimum Gasteiger partial charge on any atom is -0.326 e. The molecule has 23 heavy (non-hydrogen) atoms. The molecule has 1 aliphatic rings. The number of hydrogen-bond acceptors (Lipinski definition) is 3. The summed E-state index contributed by atoms with van der Waals surface area (Å²) < 4.78 is 13.7. The van der Waals surface area contributed by atoms with Gasteiger partial charge in [0, 0.05) is 10.6 Å². The number of carbonyl (C=O) groups is 2. The van der Waals surface area contributed by atoms with Gasteiger partial charge in [0.1, 0.15) is 5.82 Å². The van der Waals surface area contributed by atoms with Crippen molar-refractivity contribution in [2.45, 2.75) is 13.0 Å². The predicted molar refractivity (Wildman–Crippen MR) is 86.5 cm³/mol. The molecule has 3 amide bonds. The fraction of sp³-hybridized carbons (Fsp3) is 0.125. The number of urea groups is 1. The van der Waals surface area contributed by atoms with Gasteiger partial charge in [-0.3, -0.25) is 4.79 Å². The summed E-state index contributed by atoms with van der Waals surface area (Å²) in [5.41, 5.74) is 0.899. The number of rotatable bonds is 3. The highest BCUT2D eigenvalue weighted by Gasteiger charge is 2.31. The minimum absolute atomic E-state index is 0.0969. The van der Waals surface area contributed by atoms with Gasteiger partial charge in [0.05, 0.1) is 17.3 Å². The first-order valence-corrected chi connectivity index (χ1v) is 7.82. The lowest BCUT2D eigenvalue weighted by Gasteiger charge is -2.27. The van der Waals surface area contributed by atoms with E-state index in [1.165, 1.54) is 23.5 Å². The number of thiophene rings is 1. The molecule has 2 heterocycles. The topological polar surface area (TPSA) is 70.2 Å². The summed E-state index contributed by atoms with van der Waals surface area (Å²) in [6.07, 6.45) is 0. The van der Waals surface area contributed by atoms with Crippen molar-refractivity contribution in [2.75, 3.05) is 5.32 Å². The molecule has 0 aliphatic carbocycles. The third-order valence-electron chi connectivity index (χ3n) is 3.46. The van der Waals surface area contributed by atoms with Gasteiger partial charge in [0.25, 0.3) is 5.91 Å². The van der Waals surface area contributed by atoms with Crippen molar-refractivity contribution in [3.05, 3.63) is 63.7 Å². The Bertz CT molecular complexity index is 786. The van der Waals surface area contributed by atoms with Crippen LogP contribution in [-0.2, 0) is 4.79 Å². The molecule has 7 heteroatoms. The lowest BCUT2D eigenvalue weighted by atomic mass is 10.0. The summed E-state index contributed by atoms with van der Waals surface area (Å²) in [4.78, 5) is 25.2. The molecule has 0 saturated heterocycles. The molecule has 1 aromatic carbocycles. The van der Waals surface area contributed by atoms with Crippen molar-refractivity contribution in [3.8, 4) is 0 Å². The van der Waals surface area contributed by atoms with E-state index in [9.17, 15) is 14.0 Å². The van der Waals surface area contributed by atoms with Crippen LogP contribution in [0.4, 0.5) is 14.9 Å². The first-order chi connectivity index (χ1) is 11.1. The molecule has 0 unspecified atom stereocenters. The standard InChI is InChI=1S/C16H14FN3O2S/c1-9-13(15(21)19-11-6-3-2-5-10(11)17)14(20-16(22)18-9)12-7-4-8-23-12/h2-8,14H,1H3,(H,19,21)(H2,18,20,22)/t14-/m1/s1. The third-order valence-corrected chi connectivity index (χ3v) is 4.40. The quantitative estimate of drug-likeness (QED) is 0.808. The van der Waals surface area contributed by atoms with E-state index in [0.29, 0.717) is 11.3 Å². The lowest BCUT2D eigenvalue weighted by molar-refractivity contribution is -0.113. The van der Waals surface area contributed by atoms with Crippen molar-refractivity contribution < 1.29 is 14.0 Å². The van der Waals surface area contributed by atoms with E-state index in [1.807, 2.05) is 17.5 Å². The number of anilines is 1. The van der Waals surface area contributed by atoms with Crippen LogP contribution in [0.15, 0.2) is 53.0 Å². The van der Waals surface area contributed by atoms with E-state index in [1.54, 1.807) is 19.1 Å². The maximum atomic E-state index is 13.7. The monoisotopic (exact) mass is 331 g/mol. The first kappa shape index (κ1) is 15.2. The molecule has 118 valence electrons. The maximum Gasteiger partial charge on any atom is 0.319 e. The minimum atomic E-state index is -0.560. The number of nitrogens with one attached hydrogen (secondary N) is 3. The normalized spacial score (nSPS) is 17.5. The van der Waals surface area contributed by atoms with Crippen molar-refractivity contribution in [1.82, 2.24) is 10.6 Å². The Balaban J connectivity index is 1.94. The van der Waals surface area contributed by atoms with Crippen molar-refractivity contribution in [3.63, 3.8) is 0 Å². The highest BCUT2D eigenvalue weighted by Crippen LogP contribution is 2.30. The van der Waals surface area contributed by atoms with Gasteiger partial charge in [-0.05, 0) is 30.5 Å². The average molecular weight is 331 g/mol. The number of allylic oxidation sites excluding steroid dienone is 1. The van der Waals surface area contributed by atoms with E-state index in [-0.39, 0.29) is 11.7 Å². The molecule has 0 spiro atoms. The van der Waals surface area contributed by atoms with E-state index in [2.05, 4.69) is 16.0 Å². The van der Waals surface area contributed by atoms with Crippen LogP contribution in [0.3, 0.4) is 0 Å². The molecular weight excluding hydrogens is 317 g/mol. The van der Waals surface area contributed by atoms with Crippen LogP contribution >= 0.6 is 11.3 Å². The van der Waals surface area contributed by atoms with E-state index in [4.69, 9.17) is 0 Å². The van der Waals surface area contributed by atoms with Crippen molar-refractivity contribution >= 4 is 29.0 Å². The van der Waals surface area contributed by atoms with Gasteiger partial charge in [0.15, 0.2) is 0 Å². The second-order valence-electron chi connectivity index (χ2n) is 5.02. The number of hydrogen-bond donors (Lipinski definition) is 3. The van der Waals surface area contributed by atoms with Crippen LogP contribution in [0.25, 0.3) is 0 Å². The highest BCUT2D eigenvalue weighted by atomic mass is 32.1. The van der Waals surface area contributed by atoms with Crippen LogP contribution in [0, 0.1) is 5.82 Å². The molecule has 0 bridgehead atoms. The van der Waals surface area contributed by atoms with E-state index < -0.39 is 17.8 Å². The Labute approximate surface area is 136 Å². The van der Waals surface area contributed by atoms with Gasteiger partial charge in [0.2, 0.25) is 0 Å². The summed E-state index contributed by atoms with van der Waals surface area (Å²) in [5, 5.41) is 9.74. The Morgan fingerprint density at radius 1 is 1.26 bits per heavy atom. The first-order valence-electron chi connectivity index (χ1n) is 6.94. The fourth-order valence-corrected chi connectivity index (χ4v) is 3.20. The molecule has 1 aliphatic heterocycles. The van der Waals surface area contributed by atoms with Crippen LogP contribution in [-0.4, -0.2) is 11.9 Å². The van der Waals surface area contributed by atoms with Crippen LogP contribution < -0.4 is 16.0 Å². The summed E-state index contributed by atoms with van der Waals surface area (Å²) in [7, 11) is 0. The summed E-state index contributed by atoms with van der Waals surface area (Å²) in [6.45, 7) is 1.65. The lowest BCUT2D eigenvalue weighted by Crippen LogP contribution is -2.45. The second kappa shape index (κ2) is 6.21. The molecule has 3 N–H and O–H groups in total. The summed E-state index contributed by atoms with van der Waals surface area (Å²) in [6, 6.07) is 8.69. The molecular formula is C16H14FN3O2S. The van der Waals surface area contributed by atoms with Crippen LogP contribution in [0.1, 0.15) is 17.8 Å². The van der Waals surface area contributed by atoms with Gasteiger partial charge >= 0.3 is 6.03 Å². The van der Waals surface area contributed by atoms with Crippen molar-refractivity contribution in [1.29, 1.82) is 0 Å². The third kappa shape index (κ3) is 3.09. The molecule has 0 radical (unpaired) electrons. The van der Waals surface area contributed by atoms with Crippen molar-refractivity contribution in [2.24, 2.45) is 0 Å². The molecule has 0 saturated carbocycles. The number of para-hydroxylation sites is 1. The van der Waals surface area contributed by atoms with Gasteiger partial charge in [-0.15, -0.1) is 11.3 Å². The van der Waals surface area contributed by atoms with Crippen LogP contribution in [0.5, 0.6) is 0 Å². The Morgan fingerprint density at radius 3 is 2.74 bits per heavy atom. The van der Waals surface area contributed by atoms with Crippen LogP contribution in [0.2, 0.25) is 0 Å². The molecule has 1 aromatic heterocycles. The Hall–Kier alpha value is -2.67. The van der Waals surface area contributed by atoms with Gasteiger partial charge in [-0.2, -0.15) is 0 Å².